The largest absolute Gasteiger partial charge is 0.353 e. The van der Waals surface area contributed by atoms with Crippen LogP contribution in [0, 0.1) is 0 Å². The van der Waals surface area contributed by atoms with Crippen molar-refractivity contribution in [2.24, 2.45) is 0 Å². The Labute approximate surface area is 172 Å². The Morgan fingerprint density at radius 2 is 1.78 bits per heavy atom. The zero-order valence-electron chi connectivity index (χ0n) is 15.2. The first-order chi connectivity index (χ1) is 12.2. The second-order valence-corrected chi connectivity index (χ2v) is 5.60. The Hall–Kier alpha value is -2.15. The molecule has 3 N–H and O–H groups in total. The Balaban J connectivity index is 0.00000338. The highest BCUT2D eigenvalue weighted by atomic mass is 35.5. The predicted octanol–water partition coefficient (Wildman–Crippen LogP) is 1.99. The van der Waals surface area contributed by atoms with Gasteiger partial charge in [0, 0.05) is 31.9 Å². The summed E-state index contributed by atoms with van der Waals surface area (Å²) in [6.07, 6.45) is 3.52. The van der Waals surface area contributed by atoms with Crippen LogP contribution < -0.4 is 16.0 Å². The van der Waals surface area contributed by atoms with Crippen molar-refractivity contribution in [2.45, 2.75) is 19.4 Å². The normalized spacial score (nSPS) is 10.7. The number of halogens is 2. The van der Waals surface area contributed by atoms with Crippen molar-refractivity contribution >= 4 is 36.6 Å². The van der Waals surface area contributed by atoms with E-state index in [2.05, 4.69) is 20.9 Å². The van der Waals surface area contributed by atoms with Crippen LogP contribution in [0.25, 0.3) is 0 Å². The van der Waals surface area contributed by atoms with E-state index in [4.69, 9.17) is 0 Å². The Morgan fingerprint density at radius 3 is 2.41 bits per heavy atom. The van der Waals surface area contributed by atoms with Crippen molar-refractivity contribution in [3.8, 4) is 0 Å². The van der Waals surface area contributed by atoms with Crippen molar-refractivity contribution in [1.82, 2.24) is 20.9 Å². The molecule has 6 nitrogen and oxygen atoms in total. The number of rotatable bonds is 9. The maximum atomic E-state index is 12.5. The predicted molar refractivity (Wildman–Crippen MR) is 112 cm³/mol. The molecule has 1 aromatic heterocycles. The number of nitrogens with zero attached hydrogens (tertiary/aromatic N) is 1. The molecule has 0 aliphatic rings. The van der Waals surface area contributed by atoms with Gasteiger partial charge in [0.05, 0.1) is 5.56 Å². The number of nitrogens with one attached hydrogen (secondary N) is 3. The van der Waals surface area contributed by atoms with Crippen LogP contribution in [0.15, 0.2) is 54.9 Å². The molecule has 1 heterocycles. The van der Waals surface area contributed by atoms with E-state index >= 15 is 0 Å². The first-order valence-electron chi connectivity index (χ1n) is 8.44. The Kier molecular flexibility index (Phi) is 12.9. The molecule has 1 atom stereocenters. The molecule has 0 aliphatic carbocycles. The van der Waals surface area contributed by atoms with E-state index in [1.807, 2.05) is 37.3 Å². The summed E-state index contributed by atoms with van der Waals surface area (Å²) >= 11 is 0. The monoisotopic (exact) mass is 412 g/mol. The first kappa shape index (κ1) is 24.8. The van der Waals surface area contributed by atoms with Crippen LogP contribution in [-0.4, -0.2) is 42.5 Å². The van der Waals surface area contributed by atoms with Gasteiger partial charge in [-0.05, 0) is 24.2 Å². The van der Waals surface area contributed by atoms with Gasteiger partial charge in [-0.25, -0.2) is 0 Å². The number of carbonyl (C=O) groups is 2. The Morgan fingerprint density at radius 1 is 1.04 bits per heavy atom. The van der Waals surface area contributed by atoms with Gasteiger partial charge in [0.25, 0.3) is 5.91 Å². The summed E-state index contributed by atoms with van der Waals surface area (Å²) in [4.78, 5) is 28.8. The molecule has 0 bridgehead atoms. The van der Waals surface area contributed by atoms with Gasteiger partial charge < -0.3 is 16.0 Å². The van der Waals surface area contributed by atoms with Gasteiger partial charge in [0.2, 0.25) is 5.91 Å². The van der Waals surface area contributed by atoms with Gasteiger partial charge in [-0.15, -0.1) is 24.8 Å². The van der Waals surface area contributed by atoms with Crippen molar-refractivity contribution in [3.63, 3.8) is 0 Å². The summed E-state index contributed by atoms with van der Waals surface area (Å²) in [7, 11) is 0. The molecule has 2 aromatic rings. The minimum absolute atomic E-state index is 0. The van der Waals surface area contributed by atoms with Crippen LogP contribution in [0.1, 0.15) is 22.8 Å². The third-order valence-corrected chi connectivity index (χ3v) is 3.68. The quantitative estimate of drug-likeness (QED) is 0.549. The molecule has 0 aliphatic heterocycles. The van der Waals surface area contributed by atoms with E-state index in [9.17, 15) is 9.59 Å². The highest BCUT2D eigenvalue weighted by molar-refractivity contribution is 5.97. The van der Waals surface area contributed by atoms with Crippen molar-refractivity contribution in [2.75, 3.05) is 19.6 Å². The zero-order valence-corrected chi connectivity index (χ0v) is 16.8. The highest BCUT2D eigenvalue weighted by Crippen LogP contribution is 2.05. The lowest BCUT2D eigenvalue weighted by Crippen LogP contribution is -2.49. The molecule has 8 heteroatoms. The minimum atomic E-state index is -0.642. The van der Waals surface area contributed by atoms with Gasteiger partial charge >= 0.3 is 0 Å². The second kappa shape index (κ2) is 14.0. The lowest BCUT2D eigenvalue weighted by Gasteiger charge is -2.19. The molecular weight excluding hydrogens is 387 g/mol. The standard InChI is InChI=1S/C19H24N4O2.2ClH/c1-2-20-11-12-22-19(25)17(13-15-7-4-3-5-8-15)23-18(24)16-9-6-10-21-14-16;;/h3-10,14,17,20H,2,11-13H2,1H3,(H,22,25)(H,23,24);2*1H. The molecular formula is C19H26Cl2N4O2. The molecule has 1 unspecified atom stereocenters. The zero-order chi connectivity index (χ0) is 17.9. The van der Waals surface area contributed by atoms with Crippen LogP contribution in [0.3, 0.4) is 0 Å². The Bertz CT molecular complexity index is 672. The molecule has 27 heavy (non-hydrogen) atoms. The number of likely N-dealkylation sites (N-methyl/N-ethyl adjacent to an activating group) is 1. The molecule has 0 fully saturated rings. The van der Waals surface area contributed by atoms with Crippen LogP contribution in [0.2, 0.25) is 0 Å². The number of pyridine rings is 1. The van der Waals surface area contributed by atoms with E-state index in [1.165, 1.54) is 6.20 Å². The summed E-state index contributed by atoms with van der Waals surface area (Å²) < 4.78 is 0. The van der Waals surface area contributed by atoms with Crippen LogP contribution in [0.5, 0.6) is 0 Å². The number of hydrogen-bond acceptors (Lipinski definition) is 4. The lowest BCUT2D eigenvalue weighted by atomic mass is 10.0. The summed E-state index contributed by atoms with van der Waals surface area (Å²) in [6.45, 7) is 4.06. The second-order valence-electron chi connectivity index (χ2n) is 5.60. The molecule has 0 saturated carbocycles. The average molecular weight is 413 g/mol. The SMILES string of the molecule is CCNCCNC(=O)C(Cc1ccccc1)NC(=O)c1cccnc1.Cl.Cl. The highest BCUT2D eigenvalue weighted by Gasteiger charge is 2.21. The van der Waals surface area contributed by atoms with E-state index in [0.717, 1.165) is 12.1 Å². The molecule has 1 aromatic carbocycles. The molecule has 148 valence electrons. The summed E-state index contributed by atoms with van der Waals surface area (Å²) in [5, 5.41) is 8.82. The maximum absolute atomic E-state index is 12.5. The average Bonchev–Trinajstić information content (AvgIpc) is 2.66. The van der Waals surface area contributed by atoms with E-state index < -0.39 is 6.04 Å². The topological polar surface area (TPSA) is 83.1 Å². The van der Waals surface area contributed by atoms with Gasteiger partial charge in [-0.1, -0.05) is 37.3 Å². The van der Waals surface area contributed by atoms with Crippen LogP contribution >= 0.6 is 24.8 Å². The van der Waals surface area contributed by atoms with Crippen molar-refractivity contribution in [3.05, 3.63) is 66.0 Å². The molecule has 0 radical (unpaired) electrons. The molecule has 2 amide bonds. The van der Waals surface area contributed by atoms with E-state index in [0.29, 0.717) is 25.1 Å². The smallest absolute Gasteiger partial charge is 0.253 e. The van der Waals surface area contributed by atoms with Gasteiger partial charge in [0.15, 0.2) is 0 Å². The fourth-order valence-electron chi connectivity index (χ4n) is 2.37. The lowest BCUT2D eigenvalue weighted by molar-refractivity contribution is -0.122. The third-order valence-electron chi connectivity index (χ3n) is 3.68. The van der Waals surface area contributed by atoms with Gasteiger partial charge in [-0.3, -0.25) is 14.6 Å². The number of aromatic nitrogens is 1. The van der Waals surface area contributed by atoms with Gasteiger partial charge in [-0.2, -0.15) is 0 Å². The molecule has 2 rings (SSSR count). The summed E-state index contributed by atoms with van der Waals surface area (Å²) in [5.41, 5.74) is 1.42. The number of hydrogen-bond donors (Lipinski definition) is 3. The van der Waals surface area contributed by atoms with E-state index in [-0.39, 0.29) is 36.6 Å². The molecule has 0 spiro atoms. The fourth-order valence-corrected chi connectivity index (χ4v) is 2.37. The summed E-state index contributed by atoms with van der Waals surface area (Å²) in [5.74, 6) is -0.505. The summed E-state index contributed by atoms with van der Waals surface area (Å²) in [6, 6.07) is 12.4. The number of carbonyl (C=O) groups excluding carboxylic acids is 2. The first-order valence-corrected chi connectivity index (χ1v) is 8.44. The van der Waals surface area contributed by atoms with Crippen LogP contribution in [0.4, 0.5) is 0 Å². The minimum Gasteiger partial charge on any atom is -0.353 e. The van der Waals surface area contributed by atoms with Gasteiger partial charge in [0.1, 0.15) is 6.04 Å². The fraction of sp³-hybridized carbons (Fsp3) is 0.316. The van der Waals surface area contributed by atoms with E-state index in [1.54, 1.807) is 18.3 Å². The molecule has 0 saturated heterocycles. The van der Waals surface area contributed by atoms with Crippen molar-refractivity contribution in [1.29, 1.82) is 0 Å². The maximum Gasteiger partial charge on any atom is 0.253 e. The number of amides is 2. The van der Waals surface area contributed by atoms with Crippen LogP contribution in [-0.2, 0) is 11.2 Å². The van der Waals surface area contributed by atoms with Crippen molar-refractivity contribution < 1.29 is 9.59 Å². The third kappa shape index (κ3) is 8.86. The number of benzene rings is 1.